The molecule has 0 saturated carbocycles. The fourth-order valence-electron chi connectivity index (χ4n) is 9.34. The molecule has 250 valence electrons. The molecule has 0 amide bonds. The molecule has 0 bridgehead atoms. The van der Waals surface area contributed by atoms with Crippen molar-refractivity contribution >= 4 is 65.4 Å². The van der Waals surface area contributed by atoms with Crippen LogP contribution >= 0.6 is 0 Å². The average Bonchev–Trinajstić information content (AvgIpc) is 3.22. The van der Waals surface area contributed by atoms with Gasteiger partial charge in [-0.05, 0) is 162 Å². The molecule has 4 aliphatic rings. The summed E-state index contributed by atoms with van der Waals surface area (Å²) in [5, 5.41) is 10.9. The van der Waals surface area contributed by atoms with Crippen LogP contribution in [-0.2, 0) is 0 Å². The van der Waals surface area contributed by atoms with Gasteiger partial charge in [0.15, 0.2) is 0 Å². The molecule has 0 heterocycles. The largest absolute Gasteiger partial charge is 0.0842 e. The van der Waals surface area contributed by atoms with Crippen molar-refractivity contribution in [2.75, 3.05) is 0 Å². The summed E-state index contributed by atoms with van der Waals surface area (Å²) in [6.07, 6.45) is 36.2. The van der Waals surface area contributed by atoms with E-state index in [-0.39, 0.29) is 0 Å². The van der Waals surface area contributed by atoms with Crippen molar-refractivity contribution in [1.82, 2.24) is 0 Å². The van der Waals surface area contributed by atoms with E-state index in [4.69, 9.17) is 0 Å². The van der Waals surface area contributed by atoms with E-state index >= 15 is 0 Å². The van der Waals surface area contributed by atoms with E-state index < -0.39 is 0 Å². The standard InChI is InChI=1S/C52H42/c1-5-17-35(18-6-1)49-41-25-13-15-27-43(41)51(37-21-9-3-10-22-37)47-33-39(29-31-45(47)49)40-30-32-46-48(34-40)52(38-23-11-4-12-24-38)44-28-16-14-26-42(44)50(46)36-19-7-2-8-20-36/h1-5,7,9,11,13-17,19,21,23,25-34H,6,8,10,12,18,20,22,24H2. The van der Waals surface area contributed by atoms with Gasteiger partial charge in [-0.1, -0.05) is 146 Å². The average molecular weight is 667 g/mol. The normalized spacial score (nSPS) is 17.2. The Balaban J connectivity index is 1.27. The molecule has 0 N–H and O–H groups in total. The van der Waals surface area contributed by atoms with Gasteiger partial charge in [-0.25, -0.2) is 0 Å². The first-order valence-corrected chi connectivity index (χ1v) is 19.2. The van der Waals surface area contributed by atoms with Gasteiger partial charge in [0.2, 0.25) is 0 Å². The highest BCUT2D eigenvalue weighted by Gasteiger charge is 2.22. The van der Waals surface area contributed by atoms with Gasteiger partial charge in [-0.3, -0.25) is 0 Å². The molecule has 0 aromatic heterocycles. The summed E-state index contributed by atoms with van der Waals surface area (Å²) >= 11 is 0. The van der Waals surface area contributed by atoms with Gasteiger partial charge in [-0.15, -0.1) is 0 Å². The third-order valence-electron chi connectivity index (χ3n) is 11.7. The zero-order valence-electron chi connectivity index (χ0n) is 29.7. The summed E-state index contributed by atoms with van der Waals surface area (Å²) < 4.78 is 0. The lowest BCUT2D eigenvalue weighted by Gasteiger charge is -2.23. The van der Waals surface area contributed by atoms with Gasteiger partial charge >= 0.3 is 0 Å². The first kappa shape index (κ1) is 31.1. The third-order valence-corrected chi connectivity index (χ3v) is 11.7. The van der Waals surface area contributed by atoms with Crippen LogP contribution in [0.3, 0.4) is 0 Å². The van der Waals surface area contributed by atoms with E-state index in [1.165, 1.54) is 98.8 Å². The van der Waals surface area contributed by atoms with Gasteiger partial charge < -0.3 is 0 Å². The zero-order chi connectivity index (χ0) is 34.4. The van der Waals surface area contributed by atoms with Gasteiger partial charge in [-0.2, -0.15) is 0 Å². The van der Waals surface area contributed by atoms with Crippen LogP contribution in [0.25, 0.3) is 76.5 Å². The summed E-state index contributed by atoms with van der Waals surface area (Å²) in [4.78, 5) is 0. The Hall–Kier alpha value is -5.72. The number of benzene rings is 6. The van der Waals surface area contributed by atoms with Crippen molar-refractivity contribution < 1.29 is 0 Å². The first-order chi connectivity index (χ1) is 25.8. The molecule has 0 saturated heterocycles. The molecule has 6 aromatic carbocycles. The van der Waals surface area contributed by atoms with Crippen molar-refractivity contribution in [3.63, 3.8) is 0 Å². The maximum atomic E-state index is 2.51. The van der Waals surface area contributed by atoms with E-state index in [9.17, 15) is 0 Å². The van der Waals surface area contributed by atoms with Crippen LogP contribution in [0.5, 0.6) is 0 Å². The molecule has 0 fully saturated rings. The molecule has 0 radical (unpaired) electrons. The molecule has 0 aliphatic heterocycles. The Morgan fingerprint density at radius 2 is 0.577 bits per heavy atom. The summed E-state index contributed by atoms with van der Waals surface area (Å²) in [7, 11) is 0. The van der Waals surface area contributed by atoms with Crippen molar-refractivity contribution in [2.24, 2.45) is 0 Å². The van der Waals surface area contributed by atoms with Crippen LogP contribution < -0.4 is 0 Å². The van der Waals surface area contributed by atoms with E-state index in [2.05, 4.69) is 158 Å². The fraction of sp³-hybridized carbons (Fsp3) is 0.154. The summed E-state index contributed by atoms with van der Waals surface area (Å²) in [5.41, 5.74) is 13.9. The summed E-state index contributed by atoms with van der Waals surface area (Å²) in [6, 6.07) is 32.9. The van der Waals surface area contributed by atoms with E-state index in [0.29, 0.717) is 0 Å². The summed E-state index contributed by atoms with van der Waals surface area (Å²) in [5.74, 6) is 0. The fourth-order valence-corrected chi connectivity index (χ4v) is 9.34. The molecular weight excluding hydrogens is 625 g/mol. The SMILES string of the molecule is C1=CCCC(c2c3ccccc3c(C3=CC=CCC3)c3cc(-c4ccc5c(C6=CC=CCC6)c6ccccc6c(C6=CC=CCC6)c5c4)ccc23)=C1. The Morgan fingerprint density at radius 1 is 0.288 bits per heavy atom. The monoisotopic (exact) mass is 666 g/mol. The molecule has 52 heavy (non-hydrogen) atoms. The molecule has 0 spiro atoms. The molecule has 0 atom stereocenters. The van der Waals surface area contributed by atoms with Gasteiger partial charge in [0.05, 0.1) is 0 Å². The van der Waals surface area contributed by atoms with Crippen molar-refractivity contribution in [3.05, 3.63) is 180 Å². The van der Waals surface area contributed by atoms with Crippen LogP contribution in [0.15, 0.2) is 158 Å². The second-order valence-electron chi connectivity index (χ2n) is 14.7. The van der Waals surface area contributed by atoms with E-state index in [0.717, 1.165) is 51.4 Å². The quantitative estimate of drug-likeness (QED) is 0.161. The topological polar surface area (TPSA) is 0 Å². The highest BCUT2D eigenvalue weighted by atomic mass is 14.3. The second-order valence-corrected chi connectivity index (χ2v) is 14.7. The molecule has 0 unspecified atom stereocenters. The lowest BCUT2D eigenvalue weighted by Crippen LogP contribution is -1.99. The Morgan fingerprint density at radius 3 is 0.865 bits per heavy atom. The highest BCUT2D eigenvalue weighted by Crippen LogP contribution is 2.47. The van der Waals surface area contributed by atoms with Crippen LogP contribution in [0.4, 0.5) is 0 Å². The molecule has 6 aromatic rings. The van der Waals surface area contributed by atoms with Gasteiger partial charge in [0.1, 0.15) is 0 Å². The van der Waals surface area contributed by atoms with Crippen molar-refractivity contribution in [2.45, 2.75) is 51.4 Å². The zero-order valence-corrected chi connectivity index (χ0v) is 29.7. The molecule has 0 nitrogen and oxygen atoms in total. The molecular formula is C52H42. The lowest BCUT2D eigenvalue weighted by molar-refractivity contribution is 1.06. The van der Waals surface area contributed by atoms with Gasteiger partial charge in [0, 0.05) is 0 Å². The predicted octanol–water partition coefficient (Wildman–Crippen LogP) is 14.9. The smallest absolute Gasteiger partial charge is 0.00665 e. The number of allylic oxidation sites excluding steroid dienone is 16. The maximum absolute atomic E-state index is 2.51. The molecule has 4 aliphatic carbocycles. The maximum Gasteiger partial charge on any atom is -0.00665 e. The van der Waals surface area contributed by atoms with Crippen molar-refractivity contribution in [1.29, 1.82) is 0 Å². The molecule has 0 heteroatoms. The van der Waals surface area contributed by atoms with Crippen LogP contribution in [0.1, 0.15) is 73.6 Å². The van der Waals surface area contributed by atoms with E-state index in [1.807, 2.05) is 0 Å². The Labute approximate surface area is 306 Å². The van der Waals surface area contributed by atoms with E-state index in [1.54, 1.807) is 0 Å². The van der Waals surface area contributed by atoms with Crippen molar-refractivity contribution in [3.8, 4) is 11.1 Å². The first-order valence-electron chi connectivity index (χ1n) is 19.2. The lowest BCUT2D eigenvalue weighted by atomic mass is 9.80. The number of hydrogen-bond donors (Lipinski definition) is 0. The van der Waals surface area contributed by atoms with Crippen LogP contribution in [0, 0.1) is 0 Å². The second kappa shape index (κ2) is 13.1. The minimum atomic E-state index is 1.06. The van der Waals surface area contributed by atoms with Gasteiger partial charge in [0.25, 0.3) is 0 Å². The number of rotatable bonds is 5. The third kappa shape index (κ3) is 5.20. The highest BCUT2D eigenvalue weighted by molar-refractivity contribution is 6.19. The van der Waals surface area contributed by atoms with Crippen LogP contribution in [-0.4, -0.2) is 0 Å². The minimum Gasteiger partial charge on any atom is -0.0842 e. The molecule has 10 rings (SSSR count). The number of fused-ring (bicyclic) bond motifs is 4. The van der Waals surface area contributed by atoms with Crippen LogP contribution in [0.2, 0.25) is 0 Å². The Bertz CT molecular complexity index is 2520. The minimum absolute atomic E-state index is 1.06. The number of hydrogen-bond acceptors (Lipinski definition) is 0. The summed E-state index contributed by atoms with van der Waals surface area (Å²) in [6.45, 7) is 0. The Kier molecular flexibility index (Phi) is 7.83. The predicted molar refractivity (Wildman–Crippen MR) is 227 cm³/mol.